The van der Waals surface area contributed by atoms with Crippen molar-refractivity contribution >= 4 is 5.69 Å². The van der Waals surface area contributed by atoms with Crippen LogP contribution < -0.4 is 5.73 Å². The van der Waals surface area contributed by atoms with Gasteiger partial charge in [0.1, 0.15) is 5.75 Å². The number of nitrogens with two attached hydrogens (primary N) is 1. The summed E-state index contributed by atoms with van der Waals surface area (Å²) in [4.78, 5) is 4.34. The number of nitrogens with zero attached hydrogens (tertiary/aromatic N) is 2. The lowest BCUT2D eigenvalue weighted by atomic mass is 9.85. The van der Waals surface area contributed by atoms with Gasteiger partial charge < -0.3 is 15.4 Å². The molecule has 5 heteroatoms. The van der Waals surface area contributed by atoms with Gasteiger partial charge in [0.15, 0.2) is 5.82 Å². The molecule has 1 aliphatic rings. The summed E-state index contributed by atoms with van der Waals surface area (Å²) in [6, 6.07) is 4.92. The highest BCUT2D eigenvalue weighted by Crippen LogP contribution is 2.35. The highest BCUT2D eigenvalue weighted by molar-refractivity contribution is 5.63. The molecule has 0 bridgehead atoms. The molecule has 1 saturated carbocycles. The zero-order valence-electron chi connectivity index (χ0n) is 9.26. The van der Waals surface area contributed by atoms with Crippen LogP contribution in [0.1, 0.15) is 31.0 Å². The second-order valence-corrected chi connectivity index (χ2v) is 4.36. The van der Waals surface area contributed by atoms with Gasteiger partial charge in [-0.2, -0.15) is 4.98 Å². The molecule has 0 amide bonds. The van der Waals surface area contributed by atoms with Gasteiger partial charge in [0, 0.05) is 11.5 Å². The van der Waals surface area contributed by atoms with Gasteiger partial charge >= 0.3 is 0 Å². The molecule has 88 valence electrons. The highest BCUT2D eigenvalue weighted by atomic mass is 16.5. The molecular weight excluding hydrogens is 218 g/mol. The van der Waals surface area contributed by atoms with Gasteiger partial charge in [-0.25, -0.2) is 0 Å². The number of nitrogen functional groups attached to an aromatic ring is 1. The van der Waals surface area contributed by atoms with Gasteiger partial charge in [0.2, 0.25) is 0 Å². The molecule has 0 spiro atoms. The molecule has 1 heterocycles. The van der Waals surface area contributed by atoms with Crippen LogP contribution in [0.5, 0.6) is 5.75 Å². The summed E-state index contributed by atoms with van der Waals surface area (Å²) in [5.74, 6) is 1.67. The molecule has 1 aromatic heterocycles. The Morgan fingerprint density at radius 2 is 2.18 bits per heavy atom. The SMILES string of the molecule is Nc1ccc(-c2nc(C3CCC3)no2)cc1O. The Kier molecular flexibility index (Phi) is 2.24. The topological polar surface area (TPSA) is 85.2 Å². The summed E-state index contributed by atoms with van der Waals surface area (Å²) in [7, 11) is 0. The van der Waals surface area contributed by atoms with E-state index >= 15 is 0 Å². The molecule has 3 rings (SSSR count). The first kappa shape index (κ1) is 10.1. The predicted octanol–water partition coefficient (Wildman–Crippen LogP) is 2.29. The first-order valence-electron chi connectivity index (χ1n) is 5.66. The molecule has 0 aliphatic heterocycles. The minimum Gasteiger partial charge on any atom is -0.506 e. The summed E-state index contributed by atoms with van der Waals surface area (Å²) < 4.78 is 5.19. The predicted molar refractivity (Wildman–Crippen MR) is 62.4 cm³/mol. The average Bonchev–Trinajstić information content (AvgIpc) is 2.69. The number of anilines is 1. The normalized spacial score (nSPS) is 15.8. The quantitative estimate of drug-likeness (QED) is 0.611. The molecule has 5 nitrogen and oxygen atoms in total. The molecular formula is C12H13N3O2. The van der Waals surface area contributed by atoms with E-state index in [0.29, 0.717) is 23.1 Å². The molecule has 3 N–H and O–H groups in total. The number of benzene rings is 1. The van der Waals surface area contributed by atoms with Crippen LogP contribution in [-0.4, -0.2) is 15.2 Å². The van der Waals surface area contributed by atoms with Crippen molar-refractivity contribution in [3.63, 3.8) is 0 Å². The fraction of sp³-hybridized carbons (Fsp3) is 0.333. The molecule has 0 radical (unpaired) electrons. The number of aromatic nitrogens is 2. The van der Waals surface area contributed by atoms with Crippen molar-refractivity contribution in [2.24, 2.45) is 0 Å². The van der Waals surface area contributed by atoms with E-state index in [2.05, 4.69) is 10.1 Å². The second kappa shape index (κ2) is 3.76. The van der Waals surface area contributed by atoms with Gasteiger partial charge in [-0.05, 0) is 31.0 Å². The van der Waals surface area contributed by atoms with Crippen molar-refractivity contribution in [2.45, 2.75) is 25.2 Å². The average molecular weight is 231 g/mol. The smallest absolute Gasteiger partial charge is 0.258 e. The second-order valence-electron chi connectivity index (χ2n) is 4.36. The minimum atomic E-state index is 0.0332. The van der Waals surface area contributed by atoms with E-state index in [1.807, 2.05) is 0 Å². The van der Waals surface area contributed by atoms with E-state index in [1.54, 1.807) is 12.1 Å². The Balaban J connectivity index is 1.92. The summed E-state index contributed by atoms with van der Waals surface area (Å²) in [5, 5.41) is 13.5. The Morgan fingerprint density at radius 1 is 1.35 bits per heavy atom. The fourth-order valence-corrected chi connectivity index (χ4v) is 1.86. The summed E-state index contributed by atoms with van der Waals surface area (Å²) in [6.45, 7) is 0. The van der Waals surface area contributed by atoms with Gasteiger partial charge in [0.05, 0.1) is 5.69 Å². The number of hydrogen-bond acceptors (Lipinski definition) is 5. The molecule has 1 aliphatic carbocycles. The monoisotopic (exact) mass is 231 g/mol. The van der Waals surface area contributed by atoms with Crippen LogP contribution >= 0.6 is 0 Å². The Bertz CT molecular complexity index is 546. The largest absolute Gasteiger partial charge is 0.506 e. The molecule has 0 atom stereocenters. The minimum absolute atomic E-state index is 0.0332. The Morgan fingerprint density at radius 3 is 2.82 bits per heavy atom. The highest BCUT2D eigenvalue weighted by Gasteiger charge is 2.25. The van der Waals surface area contributed by atoms with Crippen LogP contribution in [0.15, 0.2) is 22.7 Å². The van der Waals surface area contributed by atoms with Gasteiger partial charge in [-0.1, -0.05) is 11.6 Å². The van der Waals surface area contributed by atoms with Crippen LogP contribution in [0.4, 0.5) is 5.69 Å². The van der Waals surface area contributed by atoms with Crippen molar-refractivity contribution in [3.05, 3.63) is 24.0 Å². The number of aromatic hydroxyl groups is 1. The lowest BCUT2D eigenvalue weighted by molar-refractivity contribution is 0.366. The van der Waals surface area contributed by atoms with E-state index in [0.717, 1.165) is 18.7 Å². The Hall–Kier alpha value is -2.04. The maximum Gasteiger partial charge on any atom is 0.258 e. The van der Waals surface area contributed by atoms with E-state index in [9.17, 15) is 5.11 Å². The molecule has 2 aromatic rings. The van der Waals surface area contributed by atoms with Gasteiger partial charge in [-0.3, -0.25) is 0 Å². The van der Waals surface area contributed by atoms with E-state index in [-0.39, 0.29) is 5.75 Å². The van der Waals surface area contributed by atoms with E-state index < -0.39 is 0 Å². The van der Waals surface area contributed by atoms with Crippen LogP contribution in [0.2, 0.25) is 0 Å². The van der Waals surface area contributed by atoms with Crippen LogP contribution in [0, 0.1) is 0 Å². The third kappa shape index (κ3) is 1.73. The number of rotatable bonds is 2. The van der Waals surface area contributed by atoms with Crippen molar-refractivity contribution in [1.82, 2.24) is 10.1 Å². The van der Waals surface area contributed by atoms with Crippen LogP contribution in [0.3, 0.4) is 0 Å². The maximum atomic E-state index is 9.52. The third-order valence-corrected chi connectivity index (χ3v) is 3.19. The summed E-state index contributed by atoms with van der Waals surface area (Å²) in [6.07, 6.45) is 3.50. The standard InChI is InChI=1S/C12H13N3O2/c13-9-5-4-8(6-10(9)16)12-14-11(15-17-12)7-2-1-3-7/h4-7,16H,1-3,13H2. The fourth-order valence-electron chi connectivity index (χ4n) is 1.86. The molecule has 0 unspecified atom stereocenters. The lowest BCUT2D eigenvalue weighted by Gasteiger charge is -2.20. The van der Waals surface area contributed by atoms with Crippen molar-refractivity contribution in [3.8, 4) is 17.2 Å². The molecule has 1 fully saturated rings. The molecule has 17 heavy (non-hydrogen) atoms. The third-order valence-electron chi connectivity index (χ3n) is 3.19. The van der Waals surface area contributed by atoms with Gasteiger partial charge in [0.25, 0.3) is 5.89 Å². The van der Waals surface area contributed by atoms with Crippen molar-refractivity contribution in [2.75, 3.05) is 5.73 Å². The summed E-state index contributed by atoms with van der Waals surface area (Å²) >= 11 is 0. The summed E-state index contributed by atoms with van der Waals surface area (Å²) in [5.41, 5.74) is 6.56. The first-order chi connectivity index (χ1) is 8.24. The number of hydrogen-bond donors (Lipinski definition) is 2. The van der Waals surface area contributed by atoms with Crippen molar-refractivity contribution in [1.29, 1.82) is 0 Å². The first-order valence-corrected chi connectivity index (χ1v) is 5.66. The maximum absolute atomic E-state index is 9.52. The van der Waals surface area contributed by atoms with Crippen LogP contribution in [0.25, 0.3) is 11.5 Å². The molecule has 1 aromatic carbocycles. The van der Waals surface area contributed by atoms with Crippen LogP contribution in [-0.2, 0) is 0 Å². The number of phenolic OH excluding ortho intramolecular Hbond substituents is 1. The Labute approximate surface area is 98.3 Å². The number of phenols is 1. The lowest BCUT2D eigenvalue weighted by Crippen LogP contribution is -2.10. The zero-order valence-corrected chi connectivity index (χ0v) is 9.26. The molecule has 0 saturated heterocycles. The van der Waals surface area contributed by atoms with Gasteiger partial charge in [-0.15, -0.1) is 0 Å². The zero-order chi connectivity index (χ0) is 11.8. The van der Waals surface area contributed by atoms with E-state index in [4.69, 9.17) is 10.3 Å². The van der Waals surface area contributed by atoms with E-state index in [1.165, 1.54) is 12.5 Å². The van der Waals surface area contributed by atoms with Crippen molar-refractivity contribution < 1.29 is 9.63 Å².